The molecule has 1 aromatic heterocycles. The van der Waals surface area contributed by atoms with Gasteiger partial charge in [-0.15, -0.1) is 0 Å². The lowest BCUT2D eigenvalue weighted by Gasteiger charge is -2.07. The Morgan fingerprint density at radius 3 is 2.94 bits per heavy atom. The van der Waals surface area contributed by atoms with Gasteiger partial charge in [0.05, 0.1) is 5.52 Å². The first-order valence-electron chi connectivity index (χ1n) is 6.04. The van der Waals surface area contributed by atoms with Crippen LogP contribution in [0.5, 0.6) is 0 Å². The molecule has 0 aliphatic carbocycles. The number of nitrogens with one attached hydrogen (secondary N) is 1. The number of fused-ring (bicyclic) bond motifs is 1. The molecule has 2 rings (SSSR count). The van der Waals surface area contributed by atoms with Crippen molar-refractivity contribution >= 4 is 26.8 Å². The van der Waals surface area contributed by atoms with Crippen LogP contribution in [0.3, 0.4) is 0 Å². The van der Waals surface area contributed by atoms with Crippen molar-refractivity contribution in [3.8, 4) is 0 Å². The molecule has 18 heavy (non-hydrogen) atoms. The summed E-state index contributed by atoms with van der Waals surface area (Å²) < 4.78 is 1.10. The molecule has 0 unspecified atom stereocenters. The average Bonchev–Trinajstić information content (AvgIpc) is 2.37. The van der Waals surface area contributed by atoms with Gasteiger partial charge in [-0.3, -0.25) is 4.98 Å². The highest BCUT2D eigenvalue weighted by Crippen LogP contribution is 2.24. The molecule has 0 radical (unpaired) electrons. The van der Waals surface area contributed by atoms with Gasteiger partial charge in [0.2, 0.25) is 0 Å². The minimum absolute atomic E-state index is 0.838. The van der Waals surface area contributed by atoms with E-state index >= 15 is 0 Å². The summed E-state index contributed by atoms with van der Waals surface area (Å²) in [6.07, 6.45) is 4.03. The Kier molecular flexibility index (Phi) is 4.50. The highest BCUT2D eigenvalue weighted by atomic mass is 79.9. The SMILES string of the molecule is CC(C)=CCNCc1ccc(Br)c2cccnc12. The Balaban J connectivity index is 2.19. The standard InChI is InChI=1S/C15H17BrN2/c1-11(2)7-9-17-10-12-5-6-14(16)13-4-3-8-18-15(12)13/h3-8,17H,9-10H2,1-2H3. The molecular formula is C15H17BrN2. The first kappa shape index (κ1) is 13.2. The van der Waals surface area contributed by atoms with Gasteiger partial charge >= 0.3 is 0 Å². The minimum Gasteiger partial charge on any atom is -0.309 e. The number of hydrogen-bond acceptors (Lipinski definition) is 2. The predicted octanol–water partition coefficient (Wildman–Crippen LogP) is 4.05. The quantitative estimate of drug-likeness (QED) is 0.681. The van der Waals surface area contributed by atoms with E-state index in [4.69, 9.17) is 0 Å². The maximum absolute atomic E-state index is 4.47. The fourth-order valence-corrected chi connectivity index (χ4v) is 2.27. The molecule has 1 heterocycles. The molecule has 1 aromatic carbocycles. The fraction of sp³-hybridized carbons (Fsp3) is 0.267. The Hall–Kier alpha value is -1.19. The Morgan fingerprint density at radius 2 is 2.17 bits per heavy atom. The van der Waals surface area contributed by atoms with Crippen LogP contribution in [-0.2, 0) is 6.54 Å². The van der Waals surface area contributed by atoms with Crippen LogP contribution in [0.15, 0.2) is 46.6 Å². The highest BCUT2D eigenvalue weighted by molar-refractivity contribution is 9.10. The van der Waals surface area contributed by atoms with Crippen molar-refractivity contribution in [2.75, 3.05) is 6.54 Å². The monoisotopic (exact) mass is 304 g/mol. The summed E-state index contributed by atoms with van der Waals surface area (Å²) in [5, 5.41) is 4.58. The lowest BCUT2D eigenvalue weighted by atomic mass is 10.1. The van der Waals surface area contributed by atoms with E-state index in [1.807, 2.05) is 12.3 Å². The first-order valence-corrected chi connectivity index (χ1v) is 6.84. The average molecular weight is 305 g/mol. The van der Waals surface area contributed by atoms with E-state index in [1.54, 1.807) is 0 Å². The highest BCUT2D eigenvalue weighted by Gasteiger charge is 2.04. The number of rotatable bonds is 4. The van der Waals surface area contributed by atoms with Crippen LogP contribution in [0.4, 0.5) is 0 Å². The molecule has 0 aliphatic rings. The first-order chi connectivity index (χ1) is 8.68. The molecule has 94 valence electrons. The van der Waals surface area contributed by atoms with Crippen LogP contribution >= 0.6 is 15.9 Å². The molecule has 2 aromatic rings. The lowest BCUT2D eigenvalue weighted by Crippen LogP contribution is -2.13. The van der Waals surface area contributed by atoms with E-state index < -0.39 is 0 Å². The van der Waals surface area contributed by atoms with Crippen molar-refractivity contribution in [3.05, 3.63) is 52.1 Å². The third-order valence-electron chi connectivity index (χ3n) is 2.77. The zero-order valence-corrected chi connectivity index (χ0v) is 12.3. The van der Waals surface area contributed by atoms with Crippen molar-refractivity contribution in [2.24, 2.45) is 0 Å². The van der Waals surface area contributed by atoms with Crippen molar-refractivity contribution in [1.82, 2.24) is 10.3 Å². The number of pyridine rings is 1. The third-order valence-corrected chi connectivity index (χ3v) is 3.46. The molecule has 0 atom stereocenters. The van der Waals surface area contributed by atoms with Crippen molar-refractivity contribution in [3.63, 3.8) is 0 Å². The van der Waals surface area contributed by atoms with Gasteiger partial charge in [0, 0.05) is 29.1 Å². The second-order valence-electron chi connectivity index (χ2n) is 4.52. The van der Waals surface area contributed by atoms with E-state index in [2.05, 4.69) is 64.4 Å². The zero-order valence-electron chi connectivity index (χ0n) is 10.7. The van der Waals surface area contributed by atoms with Gasteiger partial charge in [-0.25, -0.2) is 0 Å². The summed E-state index contributed by atoms with van der Waals surface area (Å²) in [6.45, 7) is 5.95. The number of nitrogens with zero attached hydrogens (tertiary/aromatic N) is 1. The number of aromatic nitrogens is 1. The van der Waals surface area contributed by atoms with E-state index in [9.17, 15) is 0 Å². The van der Waals surface area contributed by atoms with Gasteiger partial charge in [0.1, 0.15) is 0 Å². The smallest absolute Gasteiger partial charge is 0.0758 e. The van der Waals surface area contributed by atoms with Gasteiger partial charge in [-0.2, -0.15) is 0 Å². The summed E-state index contributed by atoms with van der Waals surface area (Å²) in [5.41, 5.74) is 3.63. The summed E-state index contributed by atoms with van der Waals surface area (Å²) in [4.78, 5) is 4.47. The summed E-state index contributed by atoms with van der Waals surface area (Å²) in [5.74, 6) is 0. The molecule has 0 aliphatic heterocycles. The van der Waals surface area contributed by atoms with Crippen molar-refractivity contribution in [2.45, 2.75) is 20.4 Å². The Labute approximate surface area is 116 Å². The molecule has 0 amide bonds. The molecule has 0 spiro atoms. The van der Waals surface area contributed by atoms with Crippen LogP contribution in [0.2, 0.25) is 0 Å². The second-order valence-corrected chi connectivity index (χ2v) is 5.37. The van der Waals surface area contributed by atoms with Crippen molar-refractivity contribution < 1.29 is 0 Å². The molecular weight excluding hydrogens is 288 g/mol. The van der Waals surface area contributed by atoms with E-state index in [0.717, 1.165) is 23.1 Å². The molecule has 1 N–H and O–H groups in total. The van der Waals surface area contributed by atoms with Crippen molar-refractivity contribution in [1.29, 1.82) is 0 Å². The minimum atomic E-state index is 0.838. The van der Waals surface area contributed by atoms with E-state index in [0.29, 0.717) is 0 Å². The largest absolute Gasteiger partial charge is 0.309 e. The van der Waals surface area contributed by atoms with E-state index in [1.165, 1.54) is 16.5 Å². The summed E-state index contributed by atoms with van der Waals surface area (Å²) in [6, 6.07) is 8.26. The van der Waals surface area contributed by atoms with Crippen LogP contribution in [0, 0.1) is 0 Å². The Morgan fingerprint density at radius 1 is 1.33 bits per heavy atom. The third kappa shape index (κ3) is 3.18. The van der Waals surface area contributed by atoms with Crippen LogP contribution in [0.1, 0.15) is 19.4 Å². The van der Waals surface area contributed by atoms with Gasteiger partial charge in [-0.05, 0) is 31.5 Å². The van der Waals surface area contributed by atoms with Crippen LogP contribution in [0.25, 0.3) is 10.9 Å². The molecule has 0 saturated heterocycles. The second kappa shape index (κ2) is 6.12. The Bertz CT molecular complexity index is 572. The van der Waals surface area contributed by atoms with E-state index in [-0.39, 0.29) is 0 Å². The number of hydrogen-bond donors (Lipinski definition) is 1. The normalized spacial score (nSPS) is 10.6. The fourth-order valence-electron chi connectivity index (χ4n) is 1.82. The summed E-state index contributed by atoms with van der Waals surface area (Å²) >= 11 is 3.56. The van der Waals surface area contributed by atoms with Gasteiger partial charge in [0.15, 0.2) is 0 Å². The molecule has 0 fully saturated rings. The predicted molar refractivity (Wildman–Crippen MR) is 80.6 cm³/mol. The van der Waals surface area contributed by atoms with Gasteiger partial charge in [-0.1, -0.05) is 39.7 Å². The number of benzene rings is 1. The molecule has 0 saturated carbocycles. The molecule has 0 bridgehead atoms. The van der Waals surface area contributed by atoms with Gasteiger partial charge < -0.3 is 5.32 Å². The molecule has 3 heteroatoms. The maximum atomic E-state index is 4.47. The van der Waals surface area contributed by atoms with Gasteiger partial charge in [0.25, 0.3) is 0 Å². The topological polar surface area (TPSA) is 24.9 Å². The number of halogens is 1. The maximum Gasteiger partial charge on any atom is 0.0758 e. The zero-order chi connectivity index (χ0) is 13.0. The van der Waals surface area contributed by atoms with Crippen LogP contribution in [-0.4, -0.2) is 11.5 Å². The lowest BCUT2D eigenvalue weighted by molar-refractivity contribution is 0.760. The number of allylic oxidation sites excluding steroid dienone is 1. The van der Waals surface area contributed by atoms with Crippen LogP contribution < -0.4 is 5.32 Å². The summed E-state index contributed by atoms with van der Waals surface area (Å²) in [7, 11) is 0. The molecule has 2 nitrogen and oxygen atoms in total.